The first-order valence-electron chi connectivity index (χ1n) is 11.9. The van der Waals surface area contributed by atoms with Crippen LogP contribution in [-0.2, 0) is 17.7 Å². The van der Waals surface area contributed by atoms with Crippen LogP contribution in [0, 0.1) is 13.8 Å². The molecular weight excluding hydrogens is 392 g/mol. The number of rotatable bonds is 8. The van der Waals surface area contributed by atoms with Crippen LogP contribution in [0.1, 0.15) is 65.3 Å². The minimum absolute atomic E-state index is 0.368. The van der Waals surface area contributed by atoms with Crippen LogP contribution in [0.15, 0.2) is 43.0 Å². The third kappa shape index (κ3) is 5.33. The predicted octanol–water partition coefficient (Wildman–Crippen LogP) is 6.39. The van der Waals surface area contributed by atoms with Crippen molar-refractivity contribution >= 4 is 11.8 Å². The van der Waals surface area contributed by atoms with Gasteiger partial charge in [0.2, 0.25) is 0 Å². The molecule has 0 N–H and O–H groups in total. The molecule has 1 aliphatic heterocycles. The van der Waals surface area contributed by atoms with Crippen LogP contribution in [0.3, 0.4) is 0 Å². The van der Waals surface area contributed by atoms with Crippen LogP contribution in [0.4, 0.5) is 0 Å². The van der Waals surface area contributed by atoms with Gasteiger partial charge >= 0.3 is 0 Å². The number of methoxy groups -OCH3 is 1. The van der Waals surface area contributed by atoms with E-state index >= 15 is 0 Å². The normalized spacial score (nSPS) is 17.8. The summed E-state index contributed by atoms with van der Waals surface area (Å²) in [6.45, 7) is 17.2. The van der Waals surface area contributed by atoms with Crippen LogP contribution < -0.4 is 0 Å². The van der Waals surface area contributed by atoms with E-state index in [9.17, 15) is 0 Å². The number of aryl methyl sites for hydroxylation is 2. The van der Waals surface area contributed by atoms with Crippen molar-refractivity contribution in [2.45, 2.75) is 53.1 Å². The lowest BCUT2D eigenvalue weighted by Crippen LogP contribution is -2.46. The first-order chi connectivity index (χ1) is 15.4. The summed E-state index contributed by atoms with van der Waals surface area (Å²) in [7, 11) is 3.90. The lowest BCUT2D eigenvalue weighted by Gasteiger charge is -2.41. The molecule has 0 amide bonds. The van der Waals surface area contributed by atoms with E-state index in [1.807, 2.05) is 0 Å². The molecule has 0 bridgehead atoms. The van der Waals surface area contributed by atoms with Gasteiger partial charge in [0, 0.05) is 37.8 Å². The Morgan fingerprint density at radius 2 is 1.88 bits per heavy atom. The van der Waals surface area contributed by atoms with E-state index < -0.39 is 0 Å². The summed E-state index contributed by atoms with van der Waals surface area (Å²) >= 11 is 0. The molecule has 1 fully saturated rings. The summed E-state index contributed by atoms with van der Waals surface area (Å²) in [6.07, 6.45) is 6.78. The lowest BCUT2D eigenvalue weighted by molar-refractivity contribution is 0.0831. The Bertz CT molecular complexity index is 958. The zero-order valence-electron chi connectivity index (χ0n) is 20.9. The standard InChI is InChI=1S/C29H40N2O/c1-8-10-11-27-22(4)21(3)18-24(9-2)28(27)19-31-17-16-30(6)20-29(31)26-14-12-25(13-15-26)23(5)32-7/h10-15,18,29H,5,8-9,16-17,19-20H2,1-4,6-7H3/b11-10-. The van der Waals surface area contributed by atoms with Crippen molar-refractivity contribution in [1.29, 1.82) is 0 Å². The Labute approximate surface area is 195 Å². The van der Waals surface area contributed by atoms with Gasteiger partial charge in [-0.1, -0.05) is 62.9 Å². The molecule has 3 rings (SSSR count). The van der Waals surface area contributed by atoms with E-state index in [2.05, 4.69) is 93.6 Å². The van der Waals surface area contributed by atoms with Gasteiger partial charge in [-0.2, -0.15) is 0 Å². The highest BCUT2D eigenvalue weighted by Crippen LogP contribution is 2.32. The first kappa shape index (κ1) is 24.3. The number of ether oxygens (including phenoxy) is 1. The van der Waals surface area contributed by atoms with E-state index in [4.69, 9.17) is 4.74 Å². The molecule has 172 valence electrons. The smallest absolute Gasteiger partial charge is 0.118 e. The fraction of sp³-hybridized carbons (Fsp3) is 0.448. The van der Waals surface area contributed by atoms with Crippen molar-refractivity contribution in [2.75, 3.05) is 33.8 Å². The number of allylic oxidation sites excluding steroid dienone is 1. The van der Waals surface area contributed by atoms with Gasteiger partial charge in [0.25, 0.3) is 0 Å². The highest BCUT2D eigenvalue weighted by Gasteiger charge is 2.28. The van der Waals surface area contributed by atoms with Gasteiger partial charge in [0.1, 0.15) is 5.76 Å². The number of hydrogen-bond donors (Lipinski definition) is 0. The molecule has 1 unspecified atom stereocenters. The molecule has 2 aromatic carbocycles. The van der Waals surface area contributed by atoms with E-state index in [1.54, 1.807) is 7.11 Å². The molecule has 3 heteroatoms. The predicted molar refractivity (Wildman–Crippen MR) is 138 cm³/mol. The molecule has 0 spiro atoms. The topological polar surface area (TPSA) is 15.7 Å². The van der Waals surface area contributed by atoms with Gasteiger partial charge < -0.3 is 9.64 Å². The summed E-state index contributed by atoms with van der Waals surface area (Å²) in [4.78, 5) is 5.12. The minimum atomic E-state index is 0.368. The van der Waals surface area contributed by atoms with Gasteiger partial charge in [-0.25, -0.2) is 0 Å². The molecule has 1 heterocycles. The monoisotopic (exact) mass is 432 g/mol. The summed E-state index contributed by atoms with van der Waals surface area (Å²) in [5, 5.41) is 0. The fourth-order valence-corrected chi connectivity index (χ4v) is 4.71. The second-order valence-electron chi connectivity index (χ2n) is 9.03. The first-order valence-corrected chi connectivity index (χ1v) is 11.9. The van der Waals surface area contributed by atoms with Gasteiger partial charge in [-0.05, 0) is 67.1 Å². The summed E-state index contributed by atoms with van der Waals surface area (Å²) in [6, 6.07) is 11.5. The van der Waals surface area contributed by atoms with Gasteiger partial charge in [0.15, 0.2) is 0 Å². The van der Waals surface area contributed by atoms with Crippen molar-refractivity contribution in [3.8, 4) is 0 Å². The van der Waals surface area contributed by atoms with Crippen molar-refractivity contribution in [3.05, 3.63) is 81.9 Å². The van der Waals surface area contributed by atoms with Gasteiger partial charge in [-0.15, -0.1) is 0 Å². The van der Waals surface area contributed by atoms with Crippen molar-refractivity contribution in [2.24, 2.45) is 0 Å². The van der Waals surface area contributed by atoms with Gasteiger partial charge in [0.05, 0.1) is 7.11 Å². The van der Waals surface area contributed by atoms with Crippen LogP contribution in [0.25, 0.3) is 11.8 Å². The molecule has 0 aromatic heterocycles. The molecule has 3 nitrogen and oxygen atoms in total. The van der Waals surface area contributed by atoms with Crippen LogP contribution in [0.2, 0.25) is 0 Å². The maximum Gasteiger partial charge on any atom is 0.118 e. The second kappa shape index (κ2) is 11.0. The number of likely N-dealkylation sites (N-methyl/N-ethyl adjacent to an activating group) is 1. The van der Waals surface area contributed by atoms with Crippen LogP contribution in [0.5, 0.6) is 0 Å². The van der Waals surface area contributed by atoms with Crippen LogP contribution in [-0.4, -0.2) is 43.6 Å². The molecule has 1 saturated heterocycles. The number of benzene rings is 2. The van der Waals surface area contributed by atoms with Crippen molar-refractivity contribution < 1.29 is 4.74 Å². The highest BCUT2D eigenvalue weighted by molar-refractivity contribution is 5.62. The molecular formula is C29H40N2O. The fourth-order valence-electron chi connectivity index (χ4n) is 4.71. The maximum atomic E-state index is 5.31. The third-order valence-corrected chi connectivity index (χ3v) is 6.92. The Kier molecular flexibility index (Phi) is 8.33. The lowest BCUT2D eigenvalue weighted by atomic mass is 9.90. The molecule has 0 saturated carbocycles. The van der Waals surface area contributed by atoms with E-state index in [0.717, 1.165) is 44.6 Å². The van der Waals surface area contributed by atoms with E-state index in [0.29, 0.717) is 11.8 Å². The average molecular weight is 433 g/mol. The summed E-state index contributed by atoms with van der Waals surface area (Å²) in [5.74, 6) is 0.712. The average Bonchev–Trinajstić information content (AvgIpc) is 2.81. The Morgan fingerprint density at radius 3 is 2.50 bits per heavy atom. The minimum Gasteiger partial charge on any atom is -0.497 e. The largest absolute Gasteiger partial charge is 0.497 e. The molecule has 0 aliphatic carbocycles. The SMILES string of the molecule is C=C(OC)c1ccc(C2CN(C)CCN2Cc2c(CC)cc(C)c(C)c2/C=C\CC)cc1. The van der Waals surface area contributed by atoms with Crippen molar-refractivity contribution in [1.82, 2.24) is 9.80 Å². The van der Waals surface area contributed by atoms with Gasteiger partial charge in [-0.3, -0.25) is 4.90 Å². The second-order valence-corrected chi connectivity index (χ2v) is 9.03. The zero-order chi connectivity index (χ0) is 23.3. The van der Waals surface area contributed by atoms with E-state index in [1.165, 1.54) is 33.4 Å². The summed E-state index contributed by atoms with van der Waals surface area (Å²) < 4.78 is 5.31. The Hall–Kier alpha value is -2.36. The molecule has 1 atom stereocenters. The molecule has 32 heavy (non-hydrogen) atoms. The number of hydrogen-bond acceptors (Lipinski definition) is 3. The molecule has 0 radical (unpaired) electrons. The molecule has 1 aliphatic rings. The molecule has 2 aromatic rings. The maximum absolute atomic E-state index is 5.31. The van der Waals surface area contributed by atoms with Crippen LogP contribution >= 0.6 is 0 Å². The highest BCUT2D eigenvalue weighted by atomic mass is 16.5. The number of piperazine rings is 1. The Balaban J connectivity index is 1.98. The van der Waals surface area contributed by atoms with Crippen molar-refractivity contribution in [3.63, 3.8) is 0 Å². The summed E-state index contributed by atoms with van der Waals surface area (Å²) in [5.41, 5.74) is 9.61. The Morgan fingerprint density at radius 1 is 1.16 bits per heavy atom. The third-order valence-electron chi connectivity index (χ3n) is 6.92. The number of nitrogens with zero attached hydrogens (tertiary/aromatic N) is 2. The zero-order valence-corrected chi connectivity index (χ0v) is 20.9. The quantitative estimate of drug-likeness (QED) is 0.449. The van der Waals surface area contributed by atoms with E-state index in [-0.39, 0.29) is 0 Å².